The molecule has 218 valence electrons. The number of sulfonamides is 1. The van der Waals surface area contributed by atoms with Crippen LogP contribution in [0.25, 0.3) is 11.6 Å². The third kappa shape index (κ3) is 6.48. The van der Waals surface area contributed by atoms with Gasteiger partial charge in [0.1, 0.15) is 23.5 Å². The van der Waals surface area contributed by atoms with Gasteiger partial charge in [0.15, 0.2) is 0 Å². The Hall–Kier alpha value is -3.64. The monoisotopic (exact) mass is 615 g/mol. The van der Waals surface area contributed by atoms with Crippen LogP contribution in [0.1, 0.15) is 36.5 Å². The van der Waals surface area contributed by atoms with Gasteiger partial charge in [-0.15, -0.1) is 0 Å². The van der Waals surface area contributed by atoms with Gasteiger partial charge in [-0.1, -0.05) is 29.8 Å². The molecular formula is C28H23ClF5NO5S. The van der Waals surface area contributed by atoms with E-state index in [0.29, 0.717) is 17.2 Å². The van der Waals surface area contributed by atoms with E-state index in [-0.39, 0.29) is 47.5 Å². The largest absolute Gasteiger partial charge is 0.486 e. The molecule has 0 spiro atoms. The molecule has 0 aliphatic carbocycles. The molecule has 0 amide bonds. The van der Waals surface area contributed by atoms with Crippen LogP contribution in [-0.4, -0.2) is 34.1 Å². The lowest BCUT2D eigenvalue weighted by Crippen LogP contribution is -2.43. The summed E-state index contributed by atoms with van der Waals surface area (Å²) < 4.78 is 107. The van der Waals surface area contributed by atoms with E-state index in [9.17, 15) is 35.2 Å². The summed E-state index contributed by atoms with van der Waals surface area (Å²) in [6, 6.07) is 10.1. The average Bonchev–Trinajstić information content (AvgIpc) is 2.90. The molecule has 4 rings (SSSR count). The molecule has 1 unspecified atom stereocenters. The number of alkyl halides is 3. The summed E-state index contributed by atoms with van der Waals surface area (Å²) >= 11 is 6.16. The summed E-state index contributed by atoms with van der Waals surface area (Å²) in [7, 11) is -3.51. The molecule has 0 saturated carbocycles. The minimum absolute atomic E-state index is 0.0154. The van der Waals surface area contributed by atoms with Crippen molar-refractivity contribution in [2.24, 2.45) is 0 Å². The Morgan fingerprint density at radius 2 is 1.85 bits per heavy atom. The van der Waals surface area contributed by atoms with Crippen LogP contribution in [-0.2, 0) is 25.7 Å². The number of hydrogen-bond acceptors (Lipinski definition) is 5. The maximum atomic E-state index is 14.5. The summed E-state index contributed by atoms with van der Waals surface area (Å²) in [5.74, 6) is -2.68. The topological polar surface area (TPSA) is 72.9 Å². The van der Waals surface area contributed by atoms with Gasteiger partial charge in [-0.05, 0) is 66.9 Å². The molecule has 3 aromatic rings. The quantitative estimate of drug-likeness (QED) is 0.161. The summed E-state index contributed by atoms with van der Waals surface area (Å²) in [5, 5.41) is 0.162. The molecule has 0 bridgehead atoms. The maximum Gasteiger partial charge on any atom is 0.419 e. The first-order valence-corrected chi connectivity index (χ1v) is 13.9. The number of esters is 1. The normalized spacial score (nSPS) is 15.8. The Morgan fingerprint density at radius 1 is 1.12 bits per heavy atom. The number of ether oxygens (including phenoxy) is 2. The number of anilines is 1. The summed E-state index contributed by atoms with van der Waals surface area (Å²) in [6.07, 6.45) is -4.51. The zero-order valence-corrected chi connectivity index (χ0v) is 23.2. The molecule has 0 radical (unpaired) electrons. The van der Waals surface area contributed by atoms with Gasteiger partial charge < -0.3 is 9.47 Å². The third-order valence-electron chi connectivity index (χ3n) is 6.38. The van der Waals surface area contributed by atoms with E-state index in [0.717, 1.165) is 10.4 Å². The number of allylic oxidation sites excluding steroid dienone is 1. The Bertz CT molecular complexity index is 1600. The van der Waals surface area contributed by atoms with Gasteiger partial charge in [0.05, 0.1) is 34.8 Å². The van der Waals surface area contributed by atoms with Crippen LogP contribution in [0, 0.1) is 11.6 Å². The van der Waals surface area contributed by atoms with Crippen molar-refractivity contribution in [2.75, 3.05) is 18.0 Å². The highest BCUT2D eigenvalue weighted by Gasteiger charge is 2.39. The number of halogens is 6. The van der Waals surface area contributed by atoms with Crippen molar-refractivity contribution in [3.8, 4) is 5.75 Å². The zero-order valence-electron chi connectivity index (χ0n) is 21.6. The molecule has 0 saturated heterocycles. The smallest absolute Gasteiger partial charge is 0.419 e. The standard InChI is InChI=1S/C28H23ClF5NO5S/c1-16(27-21(29)4-3-5-23(27)31)12-17-6-10-25-24(13-17)35(15-18(40-25)7-11-26(36)39-2)41(37,38)19-8-9-22(30)20(14-19)28(32,33)34/h3-6,8-10,12-14,18H,7,11,15H2,1-2H3/b16-12+. The number of fused-ring (bicyclic) bond motifs is 1. The number of methoxy groups -OCH3 is 1. The number of carbonyl (C=O) groups is 1. The molecule has 1 aliphatic heterocycles. The van der Waals surface area contributed by atoms with Crippen molar-refractivity contribution in [3.05, 3.63) is 87.9 Å². The van der Waals surface area contributed by atoms with Crippen LogP contribution in [0.3, 0.4) is 0 Å². The second-order valence-corrected chi connectivity index (χ2v) is 11.5. The van der Waals surface area contributed by atoms with E-state index in [1.54, 1.807) is 19.1 Å². The van der Waals surface area contributed by atoms with Crippen molar-refractivity contribution < 1.29 is 44.6 Å². The Labute approximate surface area is 238 Å². The van der Waals surface area contributed by atoms with Crippen molar-refractivity contribution in [3.63, 3.8) is 0 Å². The predicted octanol–water partition coefficient (Wildman–Crippen LogP) is 7.11. The summed E-state index contributed by atoms with van der Waals surface area (Å²) in [5.41, 5.74) is -0.779. The average molecular weight is 616 g/mol. The van der Waals surface area contributed by atoms with Gasteiger partial charge in [0.25, 0.3) is 10.0 Å². The second kappa shape index (κ2) is 11.7. The Morgan fingerprint density at radius 3 is 2.51 bits per heavy atom. The highest BCUT2D eigenvalue weighted by molar-refractivity contribution is 7.92. The molecule has 6 nitrogen and oxygen atoms in total. The van der Waals surface area contributed by atoms with Crippen LogP contribution >= 0.6 is 11.6 Å². The first-order chi connectivity index (χ1) is 19.2. The fourth-order valence-electron chi connectivity index (χ4n) is 4.38. The predicted molar refractivity (Wildman–Crippen MR) is 143 cm³/mol. The van der Waals surface area contributed by atoms with Gasteiger partial charge in [-0.2, -0.15) is 13.2 Å². The van der Waals surface area contributed by atoms with Gasteiger partial charge in [-0.25, -0.2) is 17.2 Å². The lowest BCUT2D eigenvalue weighted by atomic mass is 10.0. The minimum Gasteiger partial charge on any atom is -0.486 e. The zero-order chi connectivity index (χ0) is 30.1. The second-order valence-electron chi connectivity index (χ2n) is 9.18. The van der Waals surface area contributed by atoms with Crippen molar-refractivity contribution >= 4 is 44.9 Å². The molecule has 3 aromatic carbocycles. The van der Waals surface area contributed by atoms with E-state index < -0.39 is 50.4 Å². The van der Waals surface area contributed by atoms with Crippen LogP contribution in [0.15, 0.2) is 59.5 Å². The van der Waals surface area contributed by atoms with E-state index in [1.165, 1.54) is 37.4 Å². The number of carbonyl (C=O) groups excluding carboxylic acids is 1. The molecule has 41 heavy (non-hydrogen) atoms. The molecule has 0 N–H and O–H groups in total. The van der Waals surface area contributed by atoms with Gasteiger partial charge >= 0.3 is 12.1 Å². The first kappa shape index (κ1) is 30.3. The molecule has 1 aliphatic rings. The van der Waals surface area contributed by atoms with Gasteiger partial charge in [0, 0.05) is 12.0 Å². The molecule has 13 heteroatoms. The summed E-state index contributed by atoms with van der Waals surface area (Å²) in [4.78, 5) is 10.9. The first-order valence-electron chi connectivity index (χ1n) is 12.1. The third-order valence-corrected chi connectivity index (χ3v) is 8.48. The van der Waals surface area contributed by atoms with Crippen LogP contribution in [0.2, 0.25) is 5.02 Å². The SMILES string of the molecule is COC(=O)CCC1CN(S(=O)(=O)c2ccc(F)c(C(F)(F)F)c2)c2cc(/C=C(\C)c3c(F)cccc3Cl)ccc2O1. The van der Waals surface area contributed by atoms with E-state index in [1.807, 2.05) is 0 Å². The maximum absolute atomic E-state index is 14.5. The number of benzene rings is 3. The van der Waals surface area contributed by atoms with Crippen LogP contribution in [0.5, 0.6) is 5.75 Å². The molecular weight excluding hydrogens is 593 g/mol. The Balaban J connectivity index is 1.81. The lowest BCUT2D eigenvalue weighted by molar-refractivity contribution is -0.141. The molecule has 1 heterocycles. The molecule has 0 aromatic heterocycles. The molecule has 1 atom stereocenters. The fraction of sp³-hybridized carbons (Fsp3) is 0.250. The Kier molecular flexibility index (Phi) is 8.65. The number of rotatable bonds is 7. The van der Waals surface area contributed by atoms with Crippen LogP contribution < -0.4 is 9.04 Å². The molecule has 0 fully saturated rings. The van der Waals surface area contributed by atoms with Gasteiger partial charge in [-0.3, -0.25) is 9.10 Å². The number of nitrogens with zero attached hydrogens (tertiary/aromatic N) is 1. The van der Waals surface area contributed by atoms with Crippen molar-refractivity contribution in [2.45, 2.75) is 36.9 Å². The van der Waals surface area contributed by atoms with Gasteiger partial charge in [0.2, 0.25) is 0 Å². The van der Waals surface area contributed by atoms with E-state index >= 15 is 0 Å². The number of hydrogen-bond donors (Lipinski definition) is 0. The highest BCUT2D eigenvalue weighted by Crippen LogP contribution is 2.41. The summed E-state index contributed by atoms with van der Waals surface area (Å²) in [6.45, 7) is 1.24. The lowest BCUT2D eigenvalue weighted by Gasteiger charge is -2.35. The fourth-order valence-corrected chi connectivity index (χ4v) is 6.22. The van der Waals surface area contributed by atoms with Crippen LogP contribution in [0.4, 0.5) is 27.6 Å². The highest BCUT2D eigenvalue weighted by atomic mass is 35.5. The van der Waals surface area contributed by atoms with E-state index in [2.05, 4.69) is 4.74 Å². The van der Waals surface area contributed by atoms with Crippen molar-refractivity contribution in [1.29, 1.82) is 0 Å². The van der Waals surface area contributed by atoms with Crippen molar-refractivity contribution in [1.82, 2.24) is 0 Å². The van der Waals surface area contributed by atoms with E-state index in [4.69, 9.17) is 16.3 Å². The minimum atomic E-state index is -5.13.